The largest absolute Gasteiger partial charge is 0.334 e. The van der Waals surface area contributed by atoms with Crippen LogP contribution in [-0.4, -0.2) is 29.4 Å². The number of hydrogen-bond donors (Lipinski definition) is 2. The highest BCUT2D eigenvalue weighted by Crippen LogP contribution is 2.26. The van der Waals surface area contributed by atoms with Gasteiger partial charge in [0.1, 0.15) is 0 Å². The molecular formula is C23H29N3O2. The Balaban J connectivity index is 1.56. The summed E-state index contributed by atoms with van der Waals surface area (Å²) < 4.78 is 0. The number of amides is 3. The minimum absolute atomic E-state index is 0.00602. The maximum Gasteiger partial charge on any atom is 0.319 e. The first-order chi connectivity index (χ1) is 13.2. The van der Waals surface area contributed by atoms with Crippen LogP contribution >= 0.6 is 0 Å². The van der Waals surface area contributed by atoms with Gasteiger partial charge in [0.05, 0.1) is 12.1 Å². The van der Waals surface area contributed by atoms with E-state index < -0.39 is 0 Å². The van der Waals surface area contributed by atoms with Crippen molar-refractivity contribution in [1.82, 2.24) is 10.2 Å². The van der Waals surface area contributed by atoms with Gasteiger partial charge in [-0.25, -0.2) is 4.79 Å². The Morgan fingerprint density at radius 3 is 2.32 bits per heavy atom. The number of nitrogens with one attached hydrogen (secondary N) is 2. The number of anilines is 1. The van der Waals surface area contributed by atoms with Crippen LogP contribution in [0.25, 0.3) is 0 Å². The third-order valence-corrected chi connectivity index (χ3v) is 5.25. The first kappa shape index (κ1) is 19.9. The van der Waals surface area contributed by atoms with Gasteiger partial charge in [-0.05, 0) is 35.6 Å². The molecule has 3 amide bonds. The first-order valence-electron chi connectivity index (χ1n) is 9.76. The predicted molar refractivity (Wildman–Crippen MR) is 112 cm³/mol. The molecule has 0 bridgehead atoms. The summed E-state index contributed by atoms with van der Waals surface area (Å²) in [5.41, 5.74) is 3.12. The fourth-order valence-electron chi connectivity index (χ4n) is 3.52. The molecule has 0 saturated carbocycles. The van der Waals surface area contributed by atoms with E-state index in [1.165, 1.54) is 5.56 Å². The molecular weight excluding hydrogens is 350 g/mol. The Morgan fingerprint density at radius 2 is 1.71 bits per heavy atom. The van der Waals surface area contributed by atoms with Crippen LogP contribution in [0.5, 0.6) is 0 Å². The molecule has 2 N–H and O–H groups in total. The van der Waals surface area contributed by atoms with Crippen LogP contribution in [0.15, 0.2) is 54.6 Å². The second-order valence-corrected chi connectivity index (χ2v) is 8.46. The van der Waals surface area contributed by atoms with Crippen molar-refractivity contribution < 1.29 is 9.59 Å². The normalized spacial score (nSPS) is 18.1. The zero-order chi connectivity index (χ0) is 20.3. The molecule has 1 fully saturated rings. The third-order valence-electron chi connectivity index (χ3n) is 5.25. The average molecular weight is 380 g/mol. The molecule has 2 unspecified atom stereocenters. The maximum absolute atomic E-state index is 12.4. The number of rotatable bonds is 4. The van der Waals surface area contributed by atoms with E-state index in [2.05, 4.69) is 31.4 Å². The monoisotopic (exact) mass is 379 g/mol. The summed E-state index contributed by atoms with van der Waals surface area (Å²) in [7, 11) is 0. The van der Waals surface area contributed by atoms with E-state index in [4.69, 9.17) is 0 Å². The number of hydrogen-bond acceptors (Lipinski definition) is 2. The summed E-state index contributed by atoms with van der Waals surface area (Å²) in [6.45, 7) is 9.00. The second-order valence-electron chi connectivity index (χ2n) is 8.46. The minimum atomic E-state index is -0.282. The Hall–Kier alpha value is -2.82. The van der Waals surface area contributed by atoms with E-state index in [1.807, 2.05) is 66.4 Å². The number of carbonyl (C=O) groups excluding carboxylic acids is 2. The lowest BCUT2D eigenvalue weighted by Crippen LogP contribution is -2.40. The molecule has 0 aromatic heterocycles. The Labute approximate surface area is 167 Å². The number of carbonyl (C=O) groups is 2. The van der Waals surface area contributed by atoms with Gasteiger partial charge in [0.15, 0.2) is 0 Å². The SMILES string of the molecule is CC(c1ccccc1)N1CC(NC(=O)Nc2ccc(C(C)(C)C)cc2)CC1=O. The van der Waals surface area contributed by atoms with Crippen molar-refractivity contribution in [2.75, 3.05) is 11.9 Å². The quantitative estimate of drug-likeness (QED) is 0.823. The Kier molecular flexibility index (Phi) is 5.73. The van der Waals surface area contributed by atoms with Crippen molar-refractivity contribution in [1.29, 1.82) is 0 Å². The van der Waals surface area contributed by atoms with Crippen molar-refractivity contribution in [2.45, 2.75) is 51.6 Å². The lowest BCUT2D eigenvalue weighted by atomic mass is 9.87. The fraction of sp³-hybridized carbons (Fsp3) is 0.391. The van der Waals surface area contributed by atoms with E-state index in [0.717, 1.165) is 11.3 Å². The van der Waals surface area contributed by atoms with Crippen molar-refractivity contribution in [2.24, 2.45) is 0 Å². The number of likely N-dealkylation sites (tertiary alicyclic amines) is 1. The van der Waals surface area contributed by atoms with Gasteiger partial charge in [-0.2, -0.15) is 0 Å². The zero-order valence-electron chi connectivity index (χ0n) is 17.0. The third kappa shape index (κ3) is 4.71. The van der Waals surface area contributed by atoms with Gasteiger partial charge in [0.25, 0.3) is 0 Å². The van der Waals surface area contributed by atoms with Crippen LogP contribution in [0.1, 0.15) is 51.3 Å². The molecule has 1 aliphatic heterocycles. The fourth-order valence-corrected chi connectivity index (χ4v) is 3.52. The van der Waals surface area contributed by atoms with Crippen LogP contribution in [0.4, 0.5) is 10.5 Å². The van der Waals surface area contributed by atoms with Crippen molar-refractivity contribution >= 4 is 17.6 Å². The van der Waals surface area contributed by atoms with E-state index >= 15 is 0 Å². The van der Waals surface area contributed by atoms with Gasteiger partial charge in [-0.3, -0.25) is 4.79 Å². The molecule has 0 aliphatic carbocycles. The summed E-state index contributed by atoms with van der Waals surface area (Å²) in [5.74, 6) is 0.0659. The van der Waals surface area contributed by atoms with Crippen molar-refractivity contribution in [3.63, 3.8) is 0 Å². The number of urea groups is 1. The molecule has 1 aliphatic rings. The van der Waals surface area contributed by atoms with Crippen LogP contribution in [0.2, 0.25) is 0 Å². The summed E-state index contributed by atoms with van der Waals surface area (Å²) in [5, 5.41) is 5.78. The number of benzene rings is 2. The van der Waals surface area contributed by atoms with Gasteiger partial charge >= 0.3 is 6.03 Å². The second kappa shape index (κ2) is 8.05. The Morgan fingerprint density at radius 1 is 1.07 bits per heavy atom. The smallest absolute Gasteiger partial charge is 0.319 e. The first-order valence-corrected chi connectivity index (χ1v) is 9.76. The molecule has 0 spiro atoms. The molecule has 28 heavy (non-hydrogen) atoms. The lowest BCUT2D eigenvalue weighted by Gasteiger charge is -2.25. The van der Waals surface area contributed by atoms with E-state index in [1.54, 1.807) is 0 Å². The van der Waals surface area contributed by atoms with Gasteiger partial charge < -0.3 is 15.5 Å². The summed E-state index contributed by atoms with van der Waals surface area (Å²) in [4.78, 5) is 26.6. The van der Waals surface area contributed by atoms with Crippen LogP contribution in [-0.2, 0) is 10.2 Å². The van der Waals surface area contributed by atoms with Gasteiger partial charge in [0.2, 0.25) is 5.91 Å². The molecule has 2 aromatic carbocycles. The molecule has 0 radical (unpaired) electrons. The van der Waals surface area contributed by atoms with Gasteiger partial charge in [0, 0.05) is 18.7 Å². The standard InChI is InChI=1S/C23H29N3O2/c1-16(17-8-6-5-7-9-17)26-15-20(14-21(26)27)25-22(28)24-19-12-10-18(11-13-19)23(2,3)4/h5-13,16,20H,14-15H2,1-4H3,(H2,24,25,28). The summed E-state index contributed by atoms with van der Waals surface area (Å²) >= 11 is 0. The van der Waals surface area contributed by atoms with E-state index in [0.29, 0.717) is 13.0 Å². The molecule has 1 saturated heterocycles. The van der Waals surface area contributed by atoms with Crippen molar-refractivity contribution in [3.8, 4) is 0 Å². The molecule has 5 nitrogen and oxygen atoms in total. The lowest BCUT2D eigenvalue weighted by molar-refractivity contribution is -0.129. The van der Waals surface area contributed by atoms with E-state index in [9.17, 15) is 9.59 Å². The molecule has 1 heterocycles. The zero-order valence-corrected chi connectivity index (χ0v) is 17.0. The van der Waals surface area contributed by atoms with Gasteiger partial charge in [-0.15, -0.1) is 0 Å². The van der Waals surface area contributed by atoms with Crippen molar-refractivity contribution in [3.05, 3.63) is 65.7 Å². The minimum Gasteiger partial charge on any atom is -0.334 e. The highest BCUT2D eigenvalue weighted by Gasteiger charge is 2.33. The molecule has 5 heteroatoms. The highest BCUT2D eigenvalue weighted by atomic mass is 16.2. The number of nitrogens with zero attached hydrogens (tertiary/aromatic N) is 1. The van der Waals surface area contributed by atoms with Crippen LogP contribution < -0.4 is 10.6 Å². The summed E-state index contributed by atoms with van der Waals surface area (Å²) in [6.07, 6.45) is 0.327. The van der Waals surface area contributed by atoms with Crippen LogP contribution in [0.3, 0.4) is 0 Å². The van der Waals surface area contributed by atoms with E-state index in [-0.39, 0.29) is 29.4 Å². The summed E-state index contributed by atoms with van der Waals surface area (Å²) in [6, 6.07) is 17.3. The van der Waals surface area contributed by atoms with Crippen LogP contribution in [0, 0.1) is 0 Å². The van der Waals surface area contributed by atoms with Gasteiger partial charge in [-0.1, -0.05) is 63.2 Å². The molecule has 148 valence electrons. The average Bonchev–Trinajstić information content (AvgIpc) is 3.01. The predicted octanol–water partition coefficient (Wildman–Crippen LogP) is 4.47. The maximum atomic E-state index is 12.4. The topological polar surface area (TPSA) is 61.4 Å². The molecule has 3 rings (SSSR count). The Bertz CT molecular complexity index is 825. The highest BCUT2D eigenvalue weighted by molar-refractivity contribution is 5.90. The molecule has 2 aromatic rings. The molecule has 2 atom stereocenters.